The first-order valence-corrected chi connectivity index (χ1v) is 7.46. The summed E-state index contributed by atoms with van der Waals surface area (Å²) >= 11 is 3.50. The smallest absolute Gasteiger partial charge is 0.258 e. The van der Waals surface area contributed by atoms with Crippen molar-refractivity contribution in [3.8, 4) is 0 Å². The van der Waals surface area contributed by atoms with Crippen molar-refractivity contribution in [2.75, 3.05) is 13.1 Å². The summed E-state index contributed by atoms with van der Waals surface area (Å²) in [7, 11) is 0. The Morgan fingerprint density at radius 1 is 1.30 bits per heavy atom. The van der Waals surface area contributed by atoms with Crippen molar-refractivity contribution in [2.24, 2.45) is 0 Å². The molecule has 20 heavy (non-hydrogen) atoms. The third-order valence-electron chi connectivity index (χ3n) is 3.60. The fraction of sp³-hybridized carbons (Fsp3) is 0.429. The molecule has 1 aliphatic heterocycles. The first-order valence-electron chi connectivity index (χ1n) is 6.67. The summed E-state index contributed by atoms with van der Waals surface area (Å²) in [4.78, 5) is 4.37. The second kappa shape index (κ2) is 5.63. The van der Waals surface area contributed by atoms with Gasteiger partial charge in [0.1, 0.15) is 5.60 Å². The predicted molar refractivity (Wildman–Crippen MR) is 77.2 cm³/mol. The molecule has 2 aromatic rings. The van der Waals surface area contributed by atoms with Gasteiger partial charge in [0.25, 0.3) is 5.89 Å². The number of nitrogens with zero attached hydrogens (tertiary/aromatic N) is 2. The van der Waals surface area contributed by atoms with Gasteiger partial charge in [0.15, 0.2) is 5.82 Å². The maximum absolute atomic E-state index is 10.5. The molecule has 1 aliphatic rings. The standard InChI is InChI=1S/C14H16BrN3O2/c15-11-4-2-1-3-10(11)9-12-17-13(20-18-12)14(19)5-7-16-8-6-14/h1-4,16,19H,5-9H2. The molecule has 2 heterocycles. The Morgan fingerprint density at radius 3 is 2.80 bits per heavy atom. The molecule has 0 radical (unpaired) electrons. The van der Waals surface area contributed by atoms with Gasteiger partial charge in [0.2, 0.25) is 0 Å². The van der Waals surface area contributed by atoms with Crippen LogP contribution in [-0.2, 0) is 12.0 Å². The van der Waals surface area contributed by atoms with Crippen LogP contribution in [0.25, 0.3) is 0 Å². The third-order valence-corrected chi connectivity index (χ3v) is 4.38. The lowest BCUT2D eigenvalue weighted by Gasteiger charge is -2.28. The molecule has 0 unspecified atom stereocenters. The summed E-state index contributed by atoms with van der Waals surface area (Å²) in [6, 6.07) is 7.93. The van der Waals surface area contributed by atoms with E-state index in [2.05, 4.69) is 31.4 Å². The maximum atomic E-state index is 10.5. The second-order valence-electron chi connectivity index (χ2n) is 5.07. The van der Waals surface area contributed by atoms with E-state index in [-0.39, 0.29) is 0 Å². The molecular weight excluding hydrogens is 322 g/mol. The average Bonchev–Trinajstić information content (AvgIpc) is 2.92. The molecule has 1 aromatic heterocycles. The van der Waals surface area contributed by atoms with E-state index < -0.39 is 5.60 Å². The van der Waals surface area contributed by atoms with Gasteiger partial charge in [-0.25, -0.2) is 0 Å². The van der Waals surface area contributed by atoms with Crippen LogP contribution in [0.5, 0.6) is 0 Å². The Hall–Kier alpha value is -1.24. The summed E-state index contributed by atoms with van der Waals surface area (Å²) in [6.07, 6.45) is 1.78. The molecule has 106 valence electrons. The molecule has 0 amide bonds. The highest BCUT2D eigenvalue weighted by atomic mass is 79.9. The van der Waals surface area contributed by atoms with Crippen LogP contribution in [0, 0.1) is 0 Å². The first-order chi connectivity index (χ1) is 9.67. The van der Waals surface area contributed by atoms with Crippen LogP contribution in [-0.4, -0.2) is 28.3 Å². The van der Waals surface area contributed by atoms with E-state index in [4.69, 9.17) is 4.52 Å². The Morgan fingerprint density at radius 2 is 2.05 bits per heavy atom. The van der Waals surface area contributed by atoms with Crippen molar-refractivity contribution in [3.05, 3.63) is 46.0 Å². The highest BCUT2D eigenvalue weighted by Crippen LogP contribution is 2.29. The van der Waals surface area contributed by atoms with Gasteiger partial charge in [-0.05, 0) is 37.6 Å². The topological polar surface area (TPSA) is 71.2 Å². The number of nitrogens with one attached hydrogen (secondary N) is 1. The lowest BCUT2D eigenvalue weighted by Crippen LogP contribution is -2.39. The minimum absolute atomic E-state index is 0.334. The van der Waals surface area contributed by atoms with Crippen molar-refractivity contribution >= 4 is 15.9 Å². The molecule has 0 atom stereocenters. The summed E-state index contributed by atoms with van der Waals surface area (Å²) in [5.74, 6) is 0.930. The van der Waals surface area contributed by atoms with E-state index in [1.54, 1.807) is 0 Å². The number of benzene rings is 1. The normalized spacial score (nSPS) is 18.1. The lowest BCUT2D eigenvalue weighted by molar-refractivity contribution is -0.0228. The first kappa shape index (κ1) is 13.7. The van der Waals surface area contributed by atoms with Crippen molar-refractivity contribution in [3.63, 3.8) is 0 Å². The molecule has 6 heteroatoms. The van der Waals surface area contributed by atoms with Gasteiger partial charge in [-0.15, -0.1) is 0 Å². The van der Waals surface area contributed by atoms with Crippen molar-refractivity contribution in [2.45, 2.75) is 24.9 Å². The lowest BCUT2D eigenvalue weighted by atomic mass is 9.92. The van der Waals surface area contributed by atoms with Gasteiger partial charge < -0.3 is 14.9 Å². The van der Waals surface area contributed by atoms with Crippen molar-refractivity contribution in [1.29, 1.82) is 0 Å². The van der Waals surface area contributed by atoms with Gasteiger partial charge in [0.05, 0.1) is 0 Å². The molecule has 1 fully saturated rings. The van der Waals surface area contributed by atoms with Crippen LogP contribution in [0.3, 0.4) is 0 Å². The third kappa shape index (κ3) is 2.77. The number of piperidine rings is 1. The van der Waals surface area contributed by atoms with Crippen LogP contribution in [0.15, 0.2) is 33.3 Å². The van der Waals surface area contributed by atoms with E-state index in [0.29, 0.717) is 31.0 Å². The molecule has 0 saturated carbocycles. The van der Waals surface area contributed by atoms with Crippen LogP contribution >= 0.6 is 15.9 Å². The second-order valence-corrected chi connectivity index (χ2v) is 5.92. The molecule has 0 aliphatic carbocycles. The Balaban J connectivity index is 1.78. The van der Waals surface area contributed by atoms with Gasteiger partial charge >= 0.3 is 0 Å². The molecule has 0 bridgehead atoms. The summed E-state index contributed by atoms with van der Waals surface area (Å²) in [5.41, 5.74) is 0.113. The number of rotatable bonds is 3. The Bertz CT molecular complexity index is 594. The zero-order valence-electron chi connectivity index (χ0n) is 11.0. The predicted octanol–water partition coefficient (Wildman–Crippen LogP) is 1.99. The van der Waals surface area contributed by atoms with E-state index in [0.717, 1.165) is 23.1 Å². The van der Waals surface area contributed by atoms with Crippen LogP contribution < -0.4 is 5.32 Å². The summed E-state index contributed by atoms with van der Waals surface area (Å²) in [6.45, 7) is 1.52. The maximum Gasteiger partial charge on any atom is 0.258 e. The zero-order valence-corrected chi connectivity index (χ0v) is 12.6. The molecule has 2 N–H and O–H groups in total. The monoisotopic (exact) mass is 337 g/mol. The zero-order chi connectivity index (χ0) is 14.0. The van der Waals surface area contributed by atoms with Gasteiger partial charge in [0, 0.05) is 10.9 Å². The summed E-state index contributed by atoms with van der Waals surface area (Å²) < 4.78 is 6.29. The molecule has 3 rings (SSSR count). The number of halogens is 1. The minimum Gasteiger partial charge on any atom is -0.380 e. The highest BCUT2D eigenvalue weighted by molar-refractivity contribution is 9.10. The van der Waals surface area contributed by atoms with Gasteiger partial charge in [-0.1, -0.05) is 39.3 Å². The fourth-order valence-corrected chi connectivity index (χ4v) is 2.81. The number of aromatic nitrogens is 2. The van der Waals surface area contributed by atoms with Crippen molar-refractivity contribution in [1.82, 2.24) is 15.5 Å². The quantitative estimate of drug-likeness (QED) is 0.896. The molecule has 0 spiro atoms. The van der Waals surface area contributed by atoms with E-state index in [1.807, 2.05) is 24.3 Å². The number of hydrogen-bond acceptors (Lipinski definition) is 5. The molecule has 1 aromatic carbocycles. The average molecular weight is 338 g/mol. The molecule has 1 saturated heterocycles. The summed E-state index contributed by atoms with van der Waals surface area (Å²) in [5, 5.41) is 17.7. The fourth-order valence-electron chi connectivity index (χ4n) is 2.38. The number of aliphatic hydroxyl groups is 1. The molecular formula is C14H16BrN3O2. The van der Waals surface area contributed by atoms with E-state index >= 15 is 0 Å². The number of hydrogen-bond donors (Lipinski definition) is 2. The van der Waals surface area contributed by atoms with Gasteiger partial charge in [-0.2, -0.15) is 4.98 Å². The minimum atomic E-state index is -0.982. The SMILES string of the molecule is OC1(c2nc(Cc3ccccc3Br)no2)CCNCC1. The van der Waals surface area contributed by atoms with Crippen molar-refractivity contribution < 1.29 is 9.63 Å². The van der Waals surface area contributed by atoms with E-state index in [1.165, 1.54) is 0 Å². The highest BCUT2D eigenvalue weighted by Gasteiger charge is 2.36. The Kier molecular flexibility index (Phi) is 3.87. The van der Waals surface area contributed by atoms with E-state index in [9.17, 15) is 5.11 Å². The largest absolute Gasteiger partial charge is 0.380 e. The molecule has 5 nitrogen and oxygen atoms in total. The Labute approximate surface area is 125 Å². The van der Waals surface area contributed by atoms with Crippen LogP contribution in [0.4, 0.5) is 0 Å². The van der Waals surface area contributed by atoms with Crippen LogP contribution in [0.1, 0.15) is 30.1 Å². The van der Waals surface area contributed by atoms with Crippen LogP contribution in [0.2, 0.25) is 0 Å². The van der Waals surface area contributed by atoms with Gasteiger partial charge in [-0.3, -0.25) is 0 Å².